The molecular weight excluding hydrogens is 262 g/mol. The van der Waals surface area contributed by atoms with Gasteiger partial charge in [0.1, 0.15) is 11.8 Å². The highest BCUT2D eigenvalue weighted by Gasteiger charge is 2.01. The number of nitrogens with one attached hydrogen (secondary N) is 1. The molecule has 0 aliphatic rings. The normalized spacial score (nSPS) is 9.48. The summed E-state index contributed by atoms with van der Waals surface area (Å²) in [6, 6.07) is 17.2. The second-order valence-electron chi connectivity index (χ2n) is 4.59. The van der Waals surface area contributed by atoms with Crippen LogP contribution < -0.4 is 10.1 Å². The number of hydrogen-bond donors (Lipinski definition) is 1. The largest absolute Gasteiger partial charge is 0.479 e. The van der Waals surface area contributed by atoms with E-state index in [1.807, 2.05) is 55.5 Å². The van der Waals surface area contributed by atoms with Gasteiger partial charge in [-0.3, -0.25) is 0 Å². The first-order valence-electron chi connectivity index (χ1n) is 6.56. The number of benzene rings is 2. The fourth-order valence-corrected chi connectivity index (χ4v) is 1.90. The van der Waals surface area contributed by atoms with Gasteiger partial charge in [-0.05, 0) is 42.3 Å². The summed E-state index contributed by atoms with van der Waals surface area (Å²) < 4.78 is 5.20. The number of hydrogen-bond acceptors (Lipinski definition) is 4. The van der Waals surface area contributed by atoms with Gasteiger partial charge in [0.05, 0.1) is 11.6 Å². The molecule has 4 heteroatoms. The molecule has 2 rings (SSSR count). The predicted molar refractivity (Wildman–Crippen MR) is 80.8 cm³/mol. The molecule has 104 valence electrons. The third-order valence-corrected chi connectivity index (χ3v) is 3.08. The molecular formula is C17H15N3O. The molecule has 0 saturated heterocycles. The van der Waals surface area contributed by atoms with E-state index < -0.39 is 0 Å². The fraction of sp³-hybridized carbons (Fsp3) is 0.176. The Morgan fingerprint density at radius 1 is 1.10 bits per heavy atom. The Balaban J connectivity index is 2.00. The van der Waals surface area contributed by atoms with Gasteiger partial charge >= 0.3 is 0 Å². The van der Waals surface area contributed by atoms with Gasteiger partial charge < -0.3 is 10.1 Å². The van der Waals surface area contributed by atoms with Crippen LogP contribution >= 0.6 is 0 Å². The van der Waals surface area contributed by atoms with Crippen LogP contribution in [0, 0.1) is 29.6 Å². The molecule has 0 bridgehead atoms. The van der Waals surface area contributed by atoms with Crippen LogP contribution in [0.15, 0.2) is 42.5 Å². The zero-order valence-corrected chi connectivity index (χ0v) is 11.8. The highest BCUT2D eigenvalue weighted by molar-refractivity contribution is 5.55. The standard InChI is InChI=1S/C17H15N3O/c1-13-2-3-15(11-19)10-17(13)20-12-14-4-6-16(7-5-14)21-9-8-18/h2-7,10,20H,9,12H2,1H3. The Morgan fingerprint density at radius 2 is 1.86 bits per heavy atom. The zero-order chi connectivity index (χ0) is 15.1. The van der Waals surface area contributed by atoms with Crippen molar-refractivity contribution < 1.29 is 4.74 Å². The summed E-state index contributed by atoms with van der Waals surface area (Å²) >= 11 is 0. The van der Waals surface area contributed by atoms with E-state index in [0.29, 0.717) is 17.9 Å². The second-order valence-corrected chi connectivity index (χ2v) is 4.59. The average Bonchev–Trinajstić information content (AvgIpc) is 2.53. The molecule has 0 aliphatic heterocycles. The van der Waals surface area contributed by atoms with E-state index in [1.54, 1.807) is 0 Å². The lowest BCUT2D eigenvalue weighted by molar-refractivity contribution is 0.368. The second kappa shape index (κ2) is 6.98. The number of aryl methyl sites for hydroxylation is 1. The SMILES string of the molecule is Cc1ccc(C#N)cc1NCc1ccc(OCC#N)cc1. The molecule has 0 aromatic heterocycles. The van der Waals surface area contributed by atoms with E-state index in [0.717, 1.165) is 16.8 Å². The maximum atomic E-state index is 8.93. The van der Waals surface area contributed by atoms with E-state index in [-0.39, 0.29) is 6.61 Å². The first kappa shape index (κ1) is 14.4. The van der Waals surface area contributed by atoms with Crippen LogP contribution in [0.4, 0.5) is 5.69 Å². The van der Waals surface area contributed by atoms with Crippen molar-refractivity contribution in [2.24, 2.45) is 0 Å². The van der Waals surface area contributed by atoms with Crippen LogP contribution in [-0.4, -0.2) is 6.61 Å². The minimum atomic E-state index is 0.0533. The molecule has 0 heterocycles. The van der Waals surface area contributed by atoms with Crippen molar-refractivity contribution in [3.05, 3.63) is 59.2 Å². The quantitative estimate of drug-likeness (QED) is 0.909. The van der Waals surface area contributed by atoms with E-state index in [2.05, 4.69) is 11.4 Å². The molecule has 0 aliphatic carbocycles. The number of anilines is 1. The molecule has 4 nitrogen and oxygen atoms in total. The highest BCUT2D eigenvalue weighted by atomic mass is 16.5. The number of nitrogens with zero attached hydrogens (tertiary/aromatic N) is 2. The lowest BCUT2D eigenvalue weighted by Crippen LogP contribution is -2.01. The van der Waals surface area contributed by atoms with Gasteiger partial charge in [0, 0.05) is 12.2 Å². The van der Waals surface area contributed by atoms with E-state index >= 15 is 0 Å². The molecule has 1 N–H and O–H groups in total. The topological polar surface area (TPSA) is 68.8 Å². The monoisotopic (exact) mass is 277 g/mol. The first-order valence-corrected chi connectivity index (χ1v) is 6.56. The molecule has 0 saturated carbocycles. The Hall–Kier alpha value is -2.98. The van der Waals surface area contributed by atoms with Gasteiger partial charge in [-0.1, -0.05) is 18.2 Å². The molecule has 0 radical (unpaired) electrons. The van der Waals surface area contributed by atoms with Crippen molar-refractivity contribution in [1.82, 2.24) is 0 Å². The minimum absolute atomic E-state index is 0.0533. The Labute approximate surface area is 124 Å². The molecule has 0 unspecified atom stereocenters. The van der Waals surface area contributed by atoms with E-state index in [9.17, 15) is 0 Å². The van der Waals surface area contributed by atoms with Gasteiger partial charge in [0.15, 0.2) is 6.61 Å². The molecule has 0 atom stereocenters. The van der Waals surface area contributed by atoms with Crippen LogP contribution in [0.3, 0.4) is 0 Å². The van der Waals surface area contributed by atoms with Gasteiger partial charge in [0.25, 0.3) is 0 Å². The van der Waals surface area contributed by atoms with Gasteiger partial charge in [0.2, 0.25) is 0 Å². The molecule has 0 fully saturated rings. The molecule has 2 aromatic carbocycles. The summed E-state index contributed by atoms with van der Waals surface area (Å²) in [6.45, 7) is 2.72. The molecule has 0 spiro atoms. The predicted octanol–water partition coefficient (Wildman–Crippen LogP) is 3.38. The van der Waals surface area contributed by atoms with Crippen LogP contribution in [-0.2, 0) is 6.54 Å². The van der Waals surface area contributed by atoms with Crippen molar-refractivity contribution >= 4 is 5.69 Å². The smallest absolute Gasteiger partial charge is 0.174 e. The minimum Gasteiger partial charge on any atom is -0.479 e. The number of rotatable bonds is 5. The Kier molecular flexibility index (Phi) is 4.79. The number of nitriles is 2. The van der Waals surface area contributed by atoms with E-state index in [1.165, 1.54) is 0 Å². The maximum Gasteiger partial charge on any atom is 0.174 e. The van der Waals surface area contributed by atoms with Gasteiger partial charge in [-0.15, -0.1) is 0 Å². The third kappa shape index (κ3) is 3.99. The van der Waals surface area contributed by atoms with Crippen molar-refractivity contribution in [3.63, 3.8) is 0 Å². The van der Waals surface area contributed by atoms with Crippen LogP contribution in [0.5, 0.6) is 5.75 Å². The third-order valence-electron chi connectivity index (χ3n) is 3.08. The summed E-state index contributed by atoms with van der Waals surface area (Å²) in [7, 11) is 0. The lowest BCUT2D eigenvalue weighted by atomic mass is 10.1. The summed E-state index contributed by atoms with van der Waals surface area (Å²) in [5.74, 6) is 0.683. The first-order chi connectivity index (χ1) is 10.2. The summed E-state index contributed by atoms with van der Waals surface area (Å²) in [5.41, 5.74) is 3.80. The molecule has 21 heavy (non-hydrogen) atoms. The Bertz CT molecular complexity index is 693. The van der Waals surface area contributed by atoms with Crippen molar-refractivity contribution in [1.29, 1.82) is 10.5 Å². The van der Waals surface area contributed by atoms with Crippen molar-refractivity contribution in [3.8, 4) is 17.9 Å². The summed E-state index contributed by atoms with van der Waals surface area (Å²) in [5, 5.41) is 20.7. The Morgan fingerprint density at radius 3 is 2.52 bits per heavy atom. The van der Waals surface area contributed by atoms with Crippen LogP contribution in [0.25, 0.3) is 0 Å². The molecule has 2 aromatic rings. The fourth-order valence-electron chi connectivity index (χ4n) is 1.90. The molecule has 0 amide bonds. The van der Waals surface area contributed by atoms with E-state index in [4.69, 9.17) is 15.3 Å². The summed E-state index contributed by atoms with van der Waals surface area (Å²) in [4.78, 5) is 0. The average molecular weight is 277 g/mol. The highest BCUT2D eigenvalue weighted by Crippen LogP contribution is 2.18. The lowest BCUT2D eigenvalue weighted by Gasteiger charge is -2.10. The zero-order valence-electron chi connectivity index (χ0n) is 11.8. The van der Waals surface area contributed by atoms with Crippen molar-refractivity contribution in [2.75, 3.05) is 11.9 Å². The number of ether oxygens (including phenoxy) is 1. The maximum absolute atomic E-state index is 8.93. The van der Waals surface area contributed by atoms with Gasteiger partial charge in [-0.25, -0.2) is 0 Å². The van der Waals surface area contributed by atoms with Crippen LogP contribution in [0.2, 0.25) is 0 Å². The van der Waals surface area contributed by atoms with Gasteiger partial charge in [-0.2, -0.15) is 10.5 Å². The van der Waals surface area contributed by atoms with Crippen molar-refractivity contribution in [2.45, 2.75) is 13.5 Å². The summed E-state index contributed by atoms with van der Waals surface area (Å²) in [6.07, 6.45) is 0. The van der Waals surface area contributed by atoms with Crippen LogP contribution in [0.1, 0.15) is 16.7 Å².